The van der Waals surface area contributed by atoms with Crippen molar-refractivity contribution in [1.82, 2.24) is 9.47 Å². The first-order valence-electron chi connectivity index (χ1n) is 11.1. The zero-order chi connectivity index (χ0) is 27.8. The molecule has 1 fully saturated rings. The number of alkyl halides is 4. The molecule has 202 valence electrons. The van der Waals surface area contributed by atoms with E-state index in [0.29, 0.717) is 16.7 Å². The maximum Gasteiger partial charge on any atom is 0.573 e. The van der Waals surface area contributed by atoms with Crippen molar-refractivity contribution in [1.29, 1.82) is 0 Å². The van der Waals surface area contributed by atoms with Gasteiger partial charge in [0.05, 0.1) is 30.9 Å². The Hall–Kier alpha value is -4.36. The van der Waals surface area contributed by atoms with Crippen molar-refractivity contribution < 1.29 is 45.8 Å². The third kappa shape index (κ3) is 5.48. The zero-order valence-corrected chi connectivity index (χ0v) is 19.7. The SMILES string of the molecule is COc1ccc2c(c1)c(NC(=O)N1C[C@H](F)C[C@H]1C(=O)Cc1cccc(OC(F)(F)F)c1F)cn2C(N)=O. The summed E-state index contributed by atoms with van der Waals surface area (Å²) in [7, 11) is 1.42. The van der Waals surface area contributed by atoms with Crippen molar-refractivity contribution in [2.24, 2.45) is 5.73 Å². The summed E-state index contributed by atoms with van der Waals surface area (Å²) >= 11 is 0. The van der Waals surface area contributed by atoms with Crippen LogP contribution < -0.4 is 20.5 Å². The monoisotopic (exact) mass is 540 g/mol. The molecule has 2 atom stereocenters. The standard InChI is InChI=1S/C24H21F5N4O5/c1-37-14-5-6-17-15(9-14)16(11-32(17)22(30)35)31-23(36)33-10-13(25)8-18(33)19(34)7-12-3-2-4-20(21(12)26)38-24(27,28)29/h2-6,9,11,13,18H,7-8,10H2,1H3,(H2,30,35)(H,31,36)/t13-,18+/m1/s1. The first kappa shape index (κ1) is 26.7. The van der Waals surface area contributed by atoms with E-state index < -0.39 is 66.5 Å². The van der Waals surface area contributed by atoms with Gasteiger partial charge in [0.15, 0.2) is 17.3 Å². The van der Waals surface area contributed by atoms with Crippen molar-refractivity contribution in [3.05, 3.63) is 54.0 Å². The van der Waals surface area contributed by atoms with Gasteiger partial charge in [-0.3, -0.25) is 9.36 Å². The number of amides is 3. The highest BCUT2D eigenvalue weighted by Crippen LogP contribution is 2.32. The smallest absolute Gasteiger partial charge is 0.497 e. The van der Waals surface area contributed by atoms with E-state index in [1.165, 1.54) is 19.4 Å². The van der Waals surface area contributed by atoms with Gasteiger partial charge in [-0.2, -0.15) is 0 Å². The van der Waals surface area contributed by atoms with Crippen molar-refractivity contribution in [2.75, 3.05) is 19.0 Å². The van der Waals surface area contributed by atoms with Gasteiger partial charge in [-0.15, -0.1) is 13.2 Å². The molecule has 0 bridgehead atoms. The number of fused-ring (bicyclic) bond motifs is 1. The van der Waals surface area contributed by atoms with Crippen LogP contribution in [0.3, 0.4) is 0 Å². The number of urea groups is 1. The van der Waals surface area contributed by atoms with E-state index in [0.717, 1.165) is 27.7 Å². The minimum atomic E-state index is -5.15. The van der Waals surface area contributed by atoms with Crippen molar-refractivity contribution in [3.63, 3.8) is 0 Å². The van der Waals surface area contributed by atoms with Crippen LogP contribution in [0.4, 0.5) is 37.2 Å². The number of hydrogen-bond donors (Lipinski definition) is 2. The van der Waals surface area contributed by atoms with E-state index in [1.807, 2.05) is 0 Å². The summed E-state index contributed by atoms with van der Waals surface area (Å²) in [6.07, 6.45) is -6.56. The lowest BCUT2D eigenvalue weighted by Gasteiger charge is -2.23. The zero-order valence-electron chi connectivity index (χ0n) is 19.7. The number of hydrogen-bond acceptors (Lipinski definition) is 5. The molecule has 1 aliphatic rings. The van der Waals surface area contributed by atoms with Crippen LogP contribution in [0.1, 0.15) is 12.0 Å². The third-order valence-corrected chi connectivity index (χ3v) is 6.01. The molecular formula is C24H21F5N4O5. The highest BCUT2D eigenvalue weighted by atomic mass is 19.4. The third-order valence-electron chi connectivity index (χ3n) is 6.01. The topological polar surface area (TPSA) is 116 Å². The van der Waals surface area contributed by atoms with Crippen LogP contribution in [-0.4, -0.2) is 59.5 Å². The number of ether oxygens (including phenoxy) is 2. The summed E-state index contributed by atoms with van der Waals surface area (Å²) in [5.41, 5.74) is 5.47. The summed E-state index contributed by atoms with van der Waals surface area (Å²) in [5.74, 6) is -2.89. The molecule has 3 aromatic rings. The van der Waals surface area contributed by atoms with E-state index in [9.17, 15) is 36.3 Å². The Morgan fingerprint density at radius 1 is 1.18 bits per heavy atom. The number of nitrogens with zero attached hydrogens (tertiary/aromatic N) is 2. The number of nitrogens with two attached hydrogens (primary N) is 1. The Labute approximate surface area is 211 Å². The van der Waals surface area contributed by atoms with Gasteiger partial charge in [0.2, 0.25) is 0 Å². The second-order valence-corrected chi connectivity index (χ2v) is 8.49. The first-order chi connectivity index (χ1) is 17.9. The molecule has 2 aromatic carbocycles. The molecule has 38 heavy (non-hydrogen) atoms. The van der Waals surface area contributed by atoms with E-state index in [1.54, 1.807) is 12.1 Å². The molecule has 0 aliphatic carbocycles. The molecule has 4 rings (SSSR count). The fraction of sp³-hybridized carbons (Fsp3) is 0.292. The van der Waals surface area contributed by atoms with Crippen molar-refractivity contribution in [3.8, 4) is 11.5 Å². The number of nitrogens with one attached hydrogen (secondary N) is 1. The molecule has 9 nitrogen and oxygen atoms in total. The molecule has 0 unspecified atom stereocenters. The van der Waals surface area contributed by atoms with Crippen LogP contribution in [0.15, 0.2) is 42.6 Å². The average Bonchev–Trinajstić information content (AvgIpc) is 3.41. The molecule has 14 heteroatoms. The summed E-state index contributed by atoms with van der Waals surface area (Å²) in [4.78, 5) is 38.8. The molecule has 1 saturated heterocycles. The Morgan fingerprint density at radius 3 is 2.58 bits per heavy atom. The molecule has 3 amide bonds. The van der Waals surface area contributed by atoms with Crippen LogP contribution in [0.25, 0.3) is 10.9 Å². The van der Waals surface area contributed by atoms with Crippen LogP contribution in [0.5, 0.6) is 11.5 Å². The number of halogens is 5. The van der Waals surface area contributed by atoms with Crippen LogP contribution >= 0.6 is 0 Å². The van der Waals surface area contributed by atoms with Crippen molar-refractivity contribution in [2.45, 2.75) is 31.4 Å². The number of aromatic nitrogens is 1. The number of methoxy groups -OCH3 is 1. The number of ketones is 1. The van der Waals surface area contributed by atoms with Gasteiger partial charge in [0.25, 0.3) is 0 Å². The lowest BCUT2D eigenvalue weighted by molar-refractivity contribution is -0.275. The molecule has 2 heterocycles. The lowest BCUT2D eigenvalue weighted by Crippen LogP contribution is -2.43. The summed E-state index contributed by atoms with van der Waals surface area (Å²) in [6, 6.07) is 4.53. The van der Waals surface area contributed by atoms with Crippen molar-refractivity contribution >= 4 is 34.4 Å². The summed E-state index contributed by atoms with van der Waals surface area (Å²) in [6.45, 7) is -0.459. The first-order valence-corrected chi connectivity index (χ1v) is 11.1. The molecule has 1 aliphatic heterocycles. The Bertz CT molecular complexity index is 1410. The van der Waals surface area contributed by atoms with Crippen LogP contribution in [0, 0.1) is 5.82 Å². The number of likely N-dealkylation sites (tertiary alicyclic amines) is 1. The number of carbonyl (C=O) groups excluding carboxylic acids is 3. The number of primary amides is 1. The quantitative estimate of drug-likeness (QED) is 0.451. The van der Waals surface area contributed by atoms with Gasteiger partial charge in [-0.05, 0) is 29.8 Å². The van der Waals surface area contributed by atoms with Crippen LogP contribution in [-0.2, 0) is 11.2 Å². The lowest BCUT2D eigenvalue weighted by atomic mass is 10.0. The number of Topliss-reactive ketones (excluding diaryl/α,β-unsaturated/α-hetero) is 1. The molecule has 3 N–H and O–H groups in total. The summed E-state index contributed by atoms with van der Waals surface area (Å²) in [5, 5.41) is 2.91. The maximum absolute atomic E-state index is 14.6. The predicted molar refractivity (Wildman–Crippen MR) is 124 cm³/mol. The Morgan fingerprint density at radius 2 is 1.92 bits per heavy atom. The van der Waals surface area contributed by atoms with Gasteiger partial charge in [-0.25, -0.2) is 18.4 Å². The second-order valence-electron chi connectivity index (χ2n) is 8.49. The minimum Gasteiger partial charge on any atom is -0.497 e. The van der Waals surface area contributed by atoms with Gasteiger partial charge in [0.1, 0.15) is 11.9 Å². The Kier molecular flexibility index (Phi) is 7.16. The fourth-order valence-corrected chi connectivity index (χ4v) is 4.32. The van der Waals surface area contributed by atoms with E-state index in [-0.39, 0.29) is 12.1 Å². The second kappa shape index (κ2) is 10.2. The highest BCUT2D eigenvalue weighted by Gasteiger charge is 2.40. The number of anilines is 1. The molecule has 1 aromatic heterocycles. The predicted octanol–water partition coefficient (Wildman–Crippen LogP) is 4.37. The number of rotatable bonds is 6. The van der Waals surface area contributed by atoms with Gasteiger partial charge < -0.3 is 25.4 Å². The van der Waals surface area contributed by atoms with E-state index in [4.69, 9.17) is 10.5 Å². The fourth-order valence-electron chi connectivity index (χ4n) is 4.32. The largest absolute Gasteiger partial charge is 0.573 e. The Balaban J connectivity index is 1.56. The van der Waals surface area contributed by atoms with Gasteiger partial charge in [0, 0.05) is 24.4 Å². The van der Waals surface area contributed by atoms with Gasteiger partial charge >= 0.3 is 18.4 Å². The van der Waals surface area contributed by atoms with E-state index in [2.05, 4.69) is 10.1 Å². The molecule has 0 spiro atoms. The highest BCUT2D eigenvalue weighted by molar-refractivity contribution is 6.06. The maximum atomic E-state index is 14.6. The van der Waals surface area contributed by atoms with Gasteiger partial charge in [-0.1, -0.05) is 12.1 Å². The minimum absolute atomic E-state index is 0.124. The number of benzene rings is 2. The molecular weight excluding hydrogens is 519 g/mol. The average molecular weight is 540 g/mol. The van der Waals surface area contributed by atoms with E-state index >= 15 is 0 Å². The molecule has 0 radical (unpaired) electrons. The number of carbonyl (C=O) groups is 3. The van der Waals surface area contributed by atoms with Crippen LogP contribution in [0.2, 0.25) is 0 Å². The summed E-state index contributed by atoms with van der Waals surface area (Å²) < 4.78 is 76.3. The normalized spacial score (nSPS) is 17.5. The molecule has 0 saturated carbocycles.